The zero-order valence-electron chi connectivity index (χ0n) is 20.1. The lowest BCUT2D eigenvalue weighted by Gasteiger charge is -2.51. The number of esters is 1. The Labute approximate surface area is 217 Å². The molecule has 35 heavy (non-hydrogen) atoms. The summed E-state index contributed by atoms with van der Waals surface area (Å²) in [5.74, 6) is -0.125. The molecule has 2 atom stereocenters. The molecule has 0 aliphatic carbocycles. The summed E-state index contributed by atoms with van der Waals surface area (Å²) >= 11 is 0. The molecule has 2 aromatic rings. The van der Waals surface area contributed by atoms with Crippen LogP contribution < -0.4 is 17.0 Å². The van der Waals surface area contributed by atoms with Crippen LogP contribution in [0.3, 0.4) is 0 Å². The van der Waals surface area contributed by atoms with E-state index in [1.165, 1.54) is 12.1 Å². The molecule has 0 saturated carbocycles. The fourth-order valence-electron chi connectivity index (χ4n) is 6.16. The van der Waals surface area contributed by atoms with Crippen molar-refractivity contribution in [3.8, 4) is 0 Å². The third kappa shape index (κ3) is 5.84. The second-order valence-electron chi connectivity index (χ2n) is 10.3. The largest absolute Gasteiger partial charge is 1.00 e. The summed E-state index contributed by atoms with van der Waals surface area (Å²) in [5.41, 5.74) is 1.41. The Balaban J connectivity index is 0.00000289. The van der Waals surface area contributed by atoms with Gasteiger partial charge >= 0.3 is 5.97 Å². The van der Waals surface area contributed by atoms with E-state index in [2.05, 4.69) is 4.90 Å². The summed E-state index contributed by atoms with van der Waals surface area (Å²) in [4.78, 5) is 28.7. The smallest absolute Gasteiger partial charge is 0.328 e. The van der Waals surface area contributed by atoms with Crippen molar-refractivity contribution in [2.45, 2.75) is 44.2 Å². The Kier molecular flexibility index (Phi) is 8.40. The van der Waals surface area contributed by atoms with E-state index >= 15 is 0 Å². The van der Waals surface area contributed by atoms with Gasteiger partial charge in [-0.05, 0) is 43.6 Å². The van der Waals surface area contributed by atoms with Gasteiger partial charge in [0.2, 0.25) is 5.78 Å². The summed E-state index contributed by atoms with van der Waals surface area (Å²) in [6, 6.07) is 15.2. The van der Waals surface area contributed by atoms with Gasteiger partial charge in [-0.1, -0.05) is 48.9 Å². The van der Waals surface area contributed by atoms with Crippen LogP contribution in [0, 0.1) is 11.7 Å². The molecule has 0 spiro atoms. The van der Waals surface area contributed by atoms with Crippen LogP contribution in [0.15, 0.2) is 54.6 Å². The number of halogens is 2. The third-order valence-corrected chi connectivity index (χ3v) is 8.03. The molecule has 0 amide bonds. The molecule has 4 heterocycles. The highest BCUT2D eigenvalue weighted by molar-refractivity contribution is 5.97. The lowest BCUT2D eigenvalue weighted by molar-refractivity contribution is -0.938. The van der Waals surface area contributed by atoms with Gasteiger partial charge < -0.3 is 26.2 Å². The van der Waals surface area contributed by atoms with E-state index in [1.807, 2.05) is 36.4 Å². The number of ketones is 1. The van der Waals surface area contributed by atoms with Crippen LogP contribution in [0.25, 0.3) is 0 Å². The molecule has 0 aromatic heterocycles. The van der Waals surface area contributed by atoms with Crippen molar-refractivity contribution < 1.29 is 40.2 Å². The highest BCUT2D eigenvalue weighted by Crippen LogP contribution is 2.37. The second kappa shape index (κ2) is 11.3. The summed E-state index contributed by atoms with van der Waals surface area (Å²) < 4.78 is 21.0. The molecule has 7 heteroatoms. The Morgan fingerprint density at radius 3 is 2.40 bits per heavy atom. The van der Waals surface area contributed by atoms with E-state index in [1.54, 1.807) is 6.07 Å². The molecule has 4 saturated heterocycles. The standard InChI is InChI=1S/C28H34FN2O3.BrH/c29-24-11-7-10-23(18-24)27(30-14-5-2-6-15-30)28(33)34-26-20-31(16-12-22(26)13-17-31)19-25(32)21-8-3-1-4-9-21;/h1,3-4,7-11,18,22,26-27H,2,5-6,12-17,19-20H2;1H/q+1;/p-1/t22?,26-,27?,31?;/m0./s1. The highest BCUT2D eigenvalue weighted by atomic mass is 79.9. The Morgan fingerprint density at radius 2 is 1.71 bits per heavy atom. The van der Waals surface area contributed by atoms with E-state index in [-0.39, 0.29) is 40.7 Å². The normalized spacial score (nSPS) is 27.0. The van der Waals surface area contributed by atoms with E-state index < -0.39 is 6.04 Å². The van der Waals surface area contributed by atoms with E-state index in [4.69, 9.17) is 4.74 Å². The summed E-state index contributed by atoms with van der Waals surface area (Å²) in [7, 11) is 0. The minimum Gasteiger partial charge on any atom is -1.00 e. The number of Topliss-reactive ketones (excluding diaryl/α,β-unsaturated/α-hetero) is 1. The SMILES string of the molecule is O=C(C[N+]12CCC(CC1)[C@@H](OC(=O)C(c1cccc(F)c1)N1CCCCC1)C2)c1ccccc1.[Br-]. The Hall–Kier alpha value is -2.09. The van der Waals surface area contributed by atoms with Crippen molar-refractivity contribution in [3.05, 3.63) is 71.5 Å². The van der Waals surface area contributed by atoms with Gasteiger partial charge in [-0.15, -0.1) is 0 Å². The maximum atomic E-state index is 14.0. The lowest BCUT2D eigenvalue weighted by Crippen LogP contribution is -3.00. The van der Waals surface area contributed by atoms with Gasteiger partial charge in [0.15, 0.2) is 6.10 Å². The van der Waals surface area contributed by atoms with Crippen molar-refractivity contribution in [1.29, 1.82) is 0 Å². The first-order valence-corrected chi connectivity index (χ1v) is 12.7. The molecular formula is C28H34BrFN2O3. The minimum absolute atomic E-state index is 0. The van der Waals surface area contributed by atoms with Gasteiger partial charge in [0.1, 0.15) is 24.9 Å². The monoisotopic (exact) mass is 544 g/mol. The highest BCUT2D eigenvalue weighted by Gasteiger charge is 2.49. The number of piperidine rings is 4. The fraction of sp³-hybridized carbons (Fsp3) is 0.500. The zero-order valence-corrected chi connectivity index (χ0v) is 21.7. The Bertz CT molecular complexity index is 1020. The summed E-state index contributed by atoms with van der Waals surface area (Å²) in [6.07, 6.45) is 4.96. The molecule has 2 bridgehead atoms. The van der Waals surface area contributed by atoms with Crippen molar-refractivity contribution in [2.75, 3.05) is 39.3 Å². The van der Waals surface area contributed by atoms with Crippen molar-refractivity contribution in [2.24, 2.45) is 5.92 Å². The quantitative estimate of drug-likeness (QED) is 0.300. The maximum Gasteiger partial charge on any atom is 0.328 e. The van der Waals surface area contributed by atoms with Gasteiger partial charge in [-0.25, -0.2) is 9.18 Å². The number of quaternary nitrogens is 1. The van der Waals surface area contributed by atoms with Gasteiger partial charge in [0.05, 0.1) is 13.1 Å². The zero-order chi connectivity index (χ0) is 23.5. The Morgan fingerprint density at radius 1 is 1.00 bits per heavy atom. The molecule has 5 nitrogen and oxygen atoms in total. The average Bonchev–Trinajstić information content (AvgIpc) is 2.86. The molecule has 4 fully saturated rings. The van der Waals surface area contributed by atoms with Crippen LogP contribution in [-0.2, 0) is 9.53 Å². The van der Waals surface area contributed by atoms with Crippen LogP contribution in [0.1, 0.15) is 54.1 Å². The predicted octanol–water partition coefficient (Wildman–Crippen LogP) is 1.39. The maximum absolute atomic E-state index is 14.0. The van der Waals surface area contributed by atoms with E-state index in [0.717, 1.165) is 63.8 Å². The molecule has 0 N–H and O–H groups in total. The number of rotatable bonds is 7. The first-order chi connectivity index (χ1) is 16.5. The number of likely N-dealkylation sites (tertiary alicyclic amines) is 1. The minimum atomic E-state index is -0.578. The summed E-state index contributed by atoms with van der Waals surface area (Å²) in [6.45, 7) is 4.68. The first-order valence-electron chi connectivity index (χ1n) is 12.7. The van der Waals surface area contributed by atoms with Crippen LogP contribution in [0.4, 0.5) is 4.39 Å². The molecule has 6 rings (SSSR count). The van der Waals surface area contributed by atoms with Crippen molar-refractivity contribution in [3.63, 3.8) is 0 Å². The van der Waals surface area contributed by atoms with Crippen molar-refractivity contribution >= 4 is 11.8 Å². The molecule has 2 aromatic carbocycles. The van der Waals surface area contributed by atoms with E-state index in [9.17, 15) is 14.0 Å². The molecule has 0 radical (unpaired) electrons. The van der Waals surface area contributed by atoms with Gasteiger partial charge in [-0.3, -0.25) is 9.69 Å². The predicted molar refractivity (Wildman–Crippen MR) is 128 cm³/mol. The molecule has 4 aliphatic heterocycles. The second-order valence-corrected chi connectivity index (χ2v) is 10.3. The van der Waals surface area contributed by atoms with Gasteiger partial charge in [-0.2, -0.15) is 0 Å². The lowest BCUT2D eigenvalue weighted by atomic mass is 9.82. The van der Waals surface area contributed by atoms with E-state index in [0.29, 0.717) is 29.1 Å². The van der Waals surface area contributed by atoms with Crippen molar-refractivity contribution in [1.82, 2.24) is 4.90 Å². The third-order valence-electron chi connectivity index (χ3n) is 8.03. The topological polar surface area (TPSA) is 46.6 Å². The van der Waals surface area contributed by atoms with Gasteiger partial charge in [0, 0.05) is 24.3 Å². The molecular weight excluding hydrogens is 511 g/mol. The number of carbonyl (C=O) groups is 2. The number of benzene rings is 2. The number of carbonyl (C=O) groups excluding carboxylic acids is 2. The molecule has 4 aliphatic rings. The number of ether oxygens (including phenoxy) is 1. The molecule has 1 unspecified atom stereocenters. The van der Waals surface area contributed by atoms with Crippen LogP contribution >= 0.6 is 0 Å². The number of hydrogen-bond acceptors (Lipinski definition) is 4. The van der Waals surface area contributed by atoms with Crippen LogP contribution in [0.5, 0.6) is 0 Å². The van der Waals surface area contributed by atoms with Crippen LogP contribution in [-0.4, -0.2) is 66.5 Å². The molecule has 188 valence electrons. The van der Waals surface area contributed by atoms with Gasteiger partial charge in [0.25, 0.3) is 0 Å². The first kappa shape index (κ1) is 26.0. The number of hydrogen-bond donors (Lipinski definition) is 0. The number of nitrogens with zero attached hydrogens (tertiary/aromatic N) is 2. The number of fused-ring (bicyclic) bond motifs is 3. The van der Waals surface area contributed by atoms with Crippen LogP contribution in [0.2, 0.25) is 0 Å². The fourth-order valence-corrected chi connectivity index (χ4v) is 6.16. The average molecular weight is 545 g/mol. The summed E-state index contributed by atoms with van der Waals surface area (Å²) in [5, 5.41) is 0.